The lowest BCUT2D eigenvalue weighted by Crippen LogP contribution is -2.33. The van der Waals surface area contributed by atoms with Crippen LogP contribution in [-0.2, 0) is 0 Å². The Morgan fingerprint density at radius 2 is 1.92 bits per heavy atom. The number of aliphatic hydroxyl groups excluding tert-OH is 1. The van der Waals surface area contributed by atoms with E-state index in [1.165, 1.54) is 12.8 Å². The Hall–Kier alpha value is -0.0800. The van der Waals surface area contributed by atoms with Crippen molar-refractivity contribution in [2.24, 2.45) is 17.1 Å². The zero-order chi connectivity index (χ0) is 9.19. The van der Waals surface area contributed by atoms with Crippen LogP contribution in [0.25, 0.3) is 0 Å². The Balaban J connectivity index is 2.36. The van der Waals surface area contributed by atoms with E-state index in [2.05, 4.69) is 13.8 Å². The molecule has 1 fully saturated rings. The predicted molar refractivity (Wildman–Crippen MR) is 50.8 cm³/mol. The zero-order valence-corrected chi connectivity index (χ0v) is 8.21. The topological polar surface area (TPSA) is 46.2 Å². The molecular weight excluding hydrogens is 150 g/mol. The van der Waals surface area contributed by atoms with E-state index in [4.69, 9.17) is 5.73 Å². The van der Waals surface area contributed by atoms with Crippen LogP contribution in [-0.4, -0.2) is 17.8 Å². The fourth-order valence-electron chi connectivity index (χ4n) is 2.00. The minimum atomic E-state index is -0.263. The smallest absolute Gasteiger partial charge is 0.0690 e. The van der Waals surface area contributed by atoms with Gasteiger partial charge in [0.25, 0.3) is 0 Å². The first-order valence-corrected chi connectivity index (χ1v) is 4.93. The van der Waals surface area contributed by atoms with Crippen LogP contribution in [0.2, 0.25) is 0 Å². The van der Waals surface area contributed by atoms with Crippen molar-refractivity contribution in [3.63, 3.8) is 0 Å². The summed E-state index contributed by atoms with van der Waals surface area (Å²) in [5.74, 6) is 0.461. The summed E-state index contributed by atoms with van der Waals surface area (Å²) in [4.78, 5) is 0. The molecule has 0 aromatic rings. The lowest BCUT2D eigenvalue weighted by atomic mass is 9.71. The molecule has 0 aliphatic heterocycles. The molecule has 0 saturated heterocycles. The molecular formula is C10H21NO. The molecule has 1 unspecified atom stereocenters. The lowest BCUT2D eigenvalue weighted by molar-refractivity contribution is 0.0632. The molecule has 12 heavy (non-hydrogen) atoms. The van der Waals surface area contributed by atoms with Crippen molar-refractivity contribution in [3.8, 4) is 0 Å². The molecule has 1 aliphatic rings. The van der Waals surface area contributed by atoms with Crippen LogP contribution in [0.15, 0.2) is 0 Å². The Morgan fingerprint density at radius 3 is 2.33 bits per heavy atom. The summed E-state index contributed by atoms with van der Waals surface area (Å²) < 4.78 is 0. The van der Waals surface area contributed by atoms with E-state index in [9.17, 15) is 5.11 Å². The Bertz CT molecular complexity index is 135. The summed E-state index contributed by atoms with van der Waals surface area (Å²) in [6.45, 7) is 5.03. The molecule has 0 heterocycles. The summed E-state index contributed by atoms with van der Waals surface area (Å²) in [6.07, 6.45) is 4.49. The molecule has 0 aromatic heterocycles. The van der Waals surface area contributed by atoms with Gasteiger partial charge in [0.05, 0.1) is 6.10 Å². The van der Waals surface area contributed by atoms with Crippen LogP contribution in [0.3, 0.4) is 0 Å². The van der Waals surface area contributed by atoms with Crippen molar-refractivity contribution in [2.75, 3.05) is 6.54 Å². The van der Waals surface area contributed by atoms with Gasteiger partial charge in [0, 0.05) is 6.54 Å². The zero-order valence-electron chi connectivity index (χ0n) is 8.21. The fourth-order valence-corrected chi connectivity index (χ4v) is 2.00. The van der Waals surface area contributed by atoms with Gasteiger partial charge in [-0.1, -0.05) is 13.8 Å². The monoisotopic (exact) mass is 171 g/mol. The van der Waals surface area contributed by atoms with Crippen molar-refractivity contribution in [3.05, 3.63) is 0 Å². The van der Waals surface area contributed by atoms with Gasteiger partial charge in [-0.05, 0) is 37.0 Å². The van der Waals surface area contributed by atoms with Crippen molar-refractivity contribution in [1.82, 2.24) is 0 Å². The van der Waals surface area contributed by atoms with E-state index in [0.29, 0.717) is 17.9 Å². The molecule has 0 amide bonds. The first-order valence-electron chi connectivity index (χ1n) is 4.93. The van der Waals surface area contributed by atoms with E-state index < -0.39 is 0 Å². The fraction of sp³-hybridized carbons (Fsp3) is 1.00. The molecule has 2 heteroatoms. The quantitative estimate of drug-likeness (QED) is 0.661. The van der Waals surface area contributed by atoms with E-state index in [0.717, 1.165) is 12.8 Å². The second-order valence-corrected chi connectivity index (χ2v) is 4.80. The van der Waals surface area contributed by atoms with Gasteiger partial charge in [0.15, 0.2) is 0 Å². The molecule has 0 spiro atoms. The SMILES string of the molecule is CC1(C)CCC(C(O)CN)CC1. The van der Waals surface area contributed by atoms with Crippen molar-refractivity contribution >= 4 is 0 Å². The third-order valence-corrected chi connectivity index (χ3v) is 3.17. The minimum Gasteiger partial charge on any atom is -0.392 e. The standard InChI is InChI=1S/C10H21NO/c1-10(2)5-3-8(4-6-10)9(12)7-11/h8-9,12H,3-7,11H2,1-2H3. The first-order chi connectivity index (χ1) is 5.55. The predicted octanol–water partition coefficient (Wildman–Crippen LogP) is 1.52. The van der Waals surface area contributed by atoms with Gasteiger partial charge in [0.1, 0.15) is 0 Å². The second kappa shape index (κ2) is 3.75. The number of rotatable bonds is 2. The van der Waals surface area contributed by atoms with Crippen LogP contribution in [0, 0.1) is 11.3 Å². The molecule has 1 atom stereocenters. The molecule has 0 aromatic carbocycles. The van der Waals surface area contributed by atoms with Crippen molar-refractivity contribution < 1.29 is 5.11 Å². The van der Waals surface area contributed by atoms with Gasteiger partial charge in [-0.15, -0.1) is 0 Å². The van der Waals surface area contributed by atoms with E-state index in [1.807, 2.05) is 0 Å². The normalized spacial score (nSPS) is 27.0. The molecule has 1 aliphatic carbocycles. The van der Waals surface area contributed by atoms with E-state index in [-0.39, 0.29) is 6.10 Å². The van der Waals surface area contributed by atoms with Gasteiger partial charge >= 0.3 is 0 Å². The average molecular weight is 171 g/mol. The number of hydrogen-bond acceptors (Lipinski definition) is 2. The highest BCUT2D eigenvalue weighted by Crippen LogP contribution is 2.38. The van der Waals surface area contributed by atoms with Crippen LogP contribution < -0.4 is 5.73 Å². The molecule has 2 nitrogen and oxygen atoms in total. The van der Waals surface area contributed by atoms with Gasteiger partial charge in [0.2, 0.25) is 0 Å². The summed E-state index contributed by atoms with van der Waals surface area (Å²) in [5.41, 5.74) is 5.91. The highest BCUT2D eigenvalue weighted by atomic mass is 16.3. The minimum absolute atomic E-state index is 0.263. The van der Waals surface area contributed by atoms with Crippen LogP contribution in [0.4, 0.5) is 0 Å². The molecule has 1 saturated carbocycles. The molecule has 1 rings (SSSR count). The molecule has 3 N–H and O–H groups in total. The Labute approximate surface area is 75.2 Å². The summed E-state index contributed by atoms with van der Waals surface area (Å²) >= 11 is 0. The number of hydrogen-bond donors (Lipinski definition) is 2. The summed E-state index contributed by atoms with van der Waals surface area (Å²) in [5, 5.41) is 9.53. The second-order valence-electron chi connectivity index (χ2n) is 4.80. The summed E-state index contributed by atoms with van der Waals surface area (Å²) in [7, 11) is 0. The van der Waals surface area contributed by atoms with Gasteiger partial charge in [-0.3, -0.25) is 0 Å². The third-order valence-electron chi connectivity index (χ3n) is 3.17. The van der Waals surface area contributed by atoms with Gasteiger partial charge in [-0.2, -0.15) is 0 Å². The van der Waals surface area contributed by atoms with Crippen LogP contribution >= 0.6 is 0 Å². The highest BCUT2D eigenvalue weighted by Gasteiger charge is 2.29. The molecule has 0 radical (unpaired) electrons. The van der Waals surface area contributed by atoms with E-state index >= 15 is 0 Å². The third kappa shape index (κ3) is 2.46. The Kier molecular flexibility index (Phi) is 3.13. The average Bonchev–Trinajstić information content (AvgIpc) is 2.03. The maximum absolute atomic E-state index is 9.53. The van der Waals surface area contributed by atoms with Crippen molar-refractivity contribution in [2.45, 2.75) is 45.6 Å². The number of aliphatic hydroxyl groups is 1. The maximum Gasteiger partial charge on any atom is 0.0690 e. The maximum atomic E-state index is 9.53. The molecule has 0 bridgehead atoms. The van der Waals surface area contributed by atoms with Crippen LogP contribution in [0.5, 0.6) is 0 Å². The van der Waals surface area contributed by atoms with E-state index in [1.54, 1.807) is 0 Å². The summed E-state index contributed by atoms with van der Waals surface area (Å²) in [6, 6.07) is 0. The first kappa shape index (κ1) is 10.0. The van der Waals surface area contributed by atoms with Crippen molar-refractivity contribution in [1.29, 1.82) is 0 Å². The van der Waals surface area contributed by atoms with Gasteiger partial charge < -0.3 is 10.8 Å². The number of nitrogens with two attached hydrogens (primary N) is 1. The lowest BCUT2D eigenvalue weighted by Gasteiger charge is -2.36. The highest BCUT2D eigenvalue weighted by molar-refractivity contribution is 4.82. The Morgan fingerprint density at radius 1 is 1.42 bits per heavy atom. The van der Waals surface area contributed by atoms with Gasteiger partial charge in [-0.25, -0.2) is 0 Å². The molecule has 72 valence electrons. The largest absolute Gasteiger partial charge is 0.392 e. The van der Waals surface area contributed by atoms with Crippen LogP contribution in [0.1, 0.15) is 39.5 Å².